The van der Waals surface area contributed by atoms with Gasteiger partial charge in [0.15, 0.2) is 0 Å². The van der Waals surface area contributed by atoms with Crippen LogP contribution in [-0.4, -0.2) is 17.6 Å². The monoisotopic (exact) mass is 512 g/mol. The summed E-state index contributed by atoms with van der Waals surface area (Å²) in [6, 6.07) is 11.3. The van der Waals surface area contributed by atoms with Gasteiger partial charge >= 0.3 is 6.18 Å². The second kappa shape index (κ2) is 9.46. The molecular formula is C28H27F3N2O4. The maximum Gasteiger partial charge on any atom is 0.416 e. The lowest BCUT2D eigenvalue weighted by molar-refractivity contribution is -0.385. The zero-order chi connectivity index (χ0) is 27.1. The molecule has 0 amide bonds. The zero-order valence-electron chi connectivity index (χ0n) is 21.1. The summed E-state index contributed by atoms with van der Waals surface area (Å²) in [5, 5.41) is 14.7. The van der Waals surface area contributed by atoms with Crippen molar-refractivity contribution in [2.24, 2.45) is 0 Å². The number of anilines is 1. The molecule has 37 heavy (non-hydrogen) atoms. The Morgan fingerprint density at radius 2 is 1.73 bits per heavy atom. The van der Waals surface area contributed by atoms with Crippen LogP contribution in [0, 0.1) is 17.0 Å². The minimum absolute atomic E-state index is 0.0345. The average Bonchev–Trinajstić information content (AvgIpc) is 2.81. The Kier molecular flexibility index (Phi) is 6.66. The first kappa shape index (κ1) is 26.1. The van der Waals surface area contributed by atoms with Gasteiger partial charge in [-0.1, -0.05) is 12.1 Å². The Labute approximate surface area is 212 Å². The summed E-state index contributed by atoms with van der Waals surface area (Å²) >= 11 is 0. The van der Waals surface area contributed by atoms with Crippen LogP contribution in [0.2, 0.25) is 0 Å². The lowest BCUT2D eigenvalue weighted by Crippen LogP contribution is -2.32. The number of non-ortho nitro benzene ring substituents is 1. The second-order valence-corrected chi connectivity index (χ2v) is 9.60. The molecule has 1 aliphatic heterocycles. The first-order chi connectivity index (χ1) is 17.3. The minimum atomic E-state index is -4.53. The number of hydrogen-bond donors (Lipinski definition) is 1. The fraction of sp³-hybridized carbons (Fsp3) is 0.286. The van der Waals surface area contributed by atoms with Crippen LogP contribution in [0.1, 0.15) is 43.0 Å². The molecular weight excluding hydrogens is 485 g/mol. The molecule has 0 unspecified atom stereocenters. The van der Waals surface area contributed by atoms with Crippen LogP contribution in [-0.2, 0) is 12.8 Å². The zero-order valence-corrected chi connectivity index (χ0v) is 21.1. The van der Waals surface area contributed by atoms with Crippen LogP contribution in [0.25, 0.3) is 16.7 Å². The normalized spacial score (nSPS) is 14.3. The van der Waals surface area contributed by atoms with Gasteiger partial charge < -0.3 is 14.8 Å². The molecule has 3 aromatic carbocycles. The van der Waals surface area contributed by atoms with E-state index in [1.165, 1.54) is 25.3 Å². The van der Waals surface area contributed by atoms with E-state index in [-0.39, 0.29) is 29.1 Å². The van der Waals surface area contributed by atoms with Crippen molar-refractivity contribution in [2.45, 2.75) is 46.0 Å². The van der Waals surface area contributed by atoms with Crippen molar-refractivity contribution in [3.8, 4) is 22.6 Å². The highest BCUT2D eigenvalue weighted by Crippen LogP contribution is 2.44. The molecule has 3 aromatic rings. The standard InChI is InChI=1S/C28H27F3N2O4/c1-16-6-8-19(33(34)35)13-25(16)37-15-22-20(9-10-23-26(22)17(2)14-27(3,4)32-23)21-12-18(28(29,30)31)7-11-24(21)36-5/h6-14,32H,15H2,1-5H3. The van der Waals surface area contributed by atoms with Gasteiger partial charge in [0.05, 0.1) is 29.2 Å². The van der Waals surface area contributed by atoms with E-state index in [1.54, 1.807) is 19.1 Å². The van der Waals surface area contributed by atoms with E-state index in [4.69, 9.17) is 9.47 Å². The molecule has 9 heteroatoms. The number of ether oxygens (including phenoxy) is 2. The van der Waals surface area contributed by atoms with E-state index in [9.17, 15) is 23.3 Å². The molecule has 0 saturated carbocycles. The fourth-order valence-electron chi connectivity index (χ4n) is 4.70. The number of allylic oxidation sites excluding steroid dienone is 1. The van der Waals surface area contributed by atoms with E-state index in [0.717, 1.165) is 29.0 Å². The van der Waals surface area contributed by atoms with E-state index in [2.05, 4.69) is 5.32 Å². The first-order valence-corrected chi connectivity index (χ1v) is 11.6. The predicted octanol–water partition coefficient (Wildman–Crippen LogP) is 7.78. The summed E-state index contributed by atoms with van der Waals surface area (Å²) in [5.74, 6) is 0.603. The summed E-state index contributed by atoms with van der Waals surface area (Å²) < 4.78 is 52.4. The van der Waals surface area contributed by atoms with Gasteiger partial charge in [0.25, 0.3) is 5.69 Å². The first-order valence-electron chi connectivity index (χ1n) is 11.6. The van der Waals surface area contributed by atoms with Gasteiger partial charge in [-0.3, -0.25) is 10.1 Å². The minimum Gasteiger partial charge on any atom is -0.496 e. The van der Waals surface area contributed by atoms with Crippen LogP contribution in [0.15, 0.2) is 54.6 Å². The van der Waals surface area contributed by atoms with Crippen molar-refractivity contribution in [3.63, 3.8) is 0 Å². The molecule has 1 heterocycles. The average molecular weight is 513 g/mol. The van der Waals surface area contributed by atoms with Crippen LogP contribution >= 0.6 is 0 Å². The molecule has 1 N–H and O–H groups in total. The fourth-order valence-corrected chi connectivity index (χ4v) is 4.70. The quantitative estimate of drug-likeness (QED) is 0.270. The Morgan fingerprint density at radius 3 is 2.38 bits per heavy atom. The summed E-state index contributed by atoms with van der Waals surface area (Å²) in [4.78, 5) is 10.8. The summed E-state index contributed by atoms with van der Waals surface area (Å²) in [7, 11) is 1.41. The maximum absolute atomic E-state index is 13.6. The predicted molar refractivity (Wildman–Crippen MR) is 137 cm³/mol. The summed E-state index contributed by atoms with van der Waals surface area (Å²) in [5.41, 5.74) is 3.42. The van der Waals surface area contributed by atoms with E-state index >= 15 is 0 Å². The number of methoxy groups -OCH3 is 1. The Morgan fingerprint density at radius 1 is 1.00 bits per heavy atom. The van der Waals surface area contributed by atoms with Gasteiger partial charge in [0.1, 0.15) is 18.1 Å². The number of rotatable bonds is 6. The number of fused-ring (bicyclic) bond motifs is 1. The van der Waals surface area contributed by atoms with Gasteiger partial charge in [-0.05, 0) is 74.7 Å². The van der Waals surface area contributed by atoms with Crippen molar-refractivity contribution in [1.29, 1.82) is 0 Å². The van der Waals surface area contributed by atoms with E-state index in [0.29, 0.717) is 22.4 Å². The molecule has 194 valence electrons. The summed E-state index contributed by atoms with van der Waals surface area (Å²) in [6.07, 6.45) is -2.49. The third kappa shape index (κ3) is 5.26. The van der Waals surface area contributed by atoms with E-state index in [1.807, 2.05) is 32.9 Å². The number of aryl methyl sites for hydroxylation is 1. The largest absolute Gasteiger partial charge is 0.496 e. The Hall–Kier alpha value is -4.01. The Bertz CT molecular complexity index is 1410. The van der Waals surface area contributed by atoms with Gasteiger partial charge in [0.2, 0.25) is 0 Å². The second-order valence-electron chi connectivity index (χ2n) is 9.60. The van der Waals surface area contributed by atoms with Crippen LogP contribution in [0.3, 0.4) is 0 Å². The van der Waals surface area contributed by atoms with Crippen LogP contribution < -0.4 is 14.8 Å². The number of halogens is 3. The number of nitrogens with one attached hydrogen (secondary N) is 1. The highest BCUT2D eigenvalue weighted by molar-refractivity contribution is 5.88. The molecule has 0 fully saturated rings. The number of nitro benzene ring substituents is 1. The number of hydrogen-bond acceptors (Lipinski definition) is 5. The van der Waals surface area contributed by atoms with Crippen molar-refractivity contribution >= 4 is 16.9 Å². The van der Waals surface area contributed by atoms with Crippen molar-refractivity contribution in [1.82, 2.24) is 0 Å². The molecule has 0 bridgehead atoms. The van der Waals surface area contributed by atoms with Crippen molar-refractivity contribution < 1.29 is 27.6 Å². The van der Waals surface area contributed by atoms with Crippen molar-refractivity contribution in [3.05, 3.63) is 87.0 Å². The highest BCUT2D eigenvalue weighted by Gasteiger charge is 2.32. The lowest BCUT2D eigenvalue weighted by Gasteiger charge is -2.33. The maximum atomic E-state index is 13.6. The van der Waals surface area contributed by atoms with Crippen LogP contribution in [0.4, 0.5) is 24.5 Å². The molecule has 0 aromatic heterocycles. The smallest absolute Gasteiger partial charge is 0.416 e. The van der Waals surface area contributed by atoms with Gasteiger partial charge in [-0.25, -0.2) is 0 Å². The molecule has 6 nitrogen and oxygen atoms in total. The van der Waals surface area contributed by atoms with E-state index < -0.39 is 16.7 Å². The van der Waals surface area contributed by atoms with Crippen molar-refractivity contribution in [2.75, 3.05) is 12.4 Å². The molecule has 0 aliphatic carbocycles. The number of nitrogens with zero attached hydrogens (tertiary/aromatic N) is 1. The summed E-state index contributed by atoms with van der Waals surface area (Å²) in [6.45, 7) is 7.72. The Balaban J connectivity index is 1.91. The third-order valence-corrected chi connectivity index (χ3v) is 6.31. The molecule has 4 rings (SSSR count). The number of nitro groups is 1. The molecule has 0 atom stereocenters. The molecule has 0 radical (unpaired) electrons. The SMILES string of the molecule is COc1ccc(C(F)(F)F)cc1-c1ccc2c(c1COc1cc([N+](=O)[O-])ccc1C)C(C)=CC(C)(C)N2. The lowest BCUT2D eigenvalue weighted by atomic mass is 9.85. The highest BCUT2D eigenvalue weighted by atomic mass is 19.4. The molecule has 0 spiro atoms. The molecule has 1 aliphatic rings. The van der Waals surface area contributed by atoms with Crippen LogP contribution in [0.5, 0.6) is 11.5 Å². The third-order valence-electron chi connectivity index (χ3n) is 6.31. The topological polar surface area (TPSA) is 73.6 Å². The molecule has 0 saturated heterocycles. The van der Waals surface area contributed by atoms with Gasteiger partial charge in [-0.2, -0.15) is 13.2 Å². The number of alkyl halides is 3. The van der Waals surface area contributed by atoms with Gasteiger partial charge in [0, 0.05) is 28.4 Å². The van der Waals surface area contributed by atoms with Gasteiger partial charge in [-0.15, -0.1) is 0 Å². The number of benzene rings is 3.